The maximum absolute atomic E-state index is 11.4. The van der Waals surface area contributed by atoms with E-state index >= 15 is 0 Å². The van der Waals surface area contributed by atoms with E-state index in [4.69, 9.17) is 4.74 Å². The van der Waals surface area contributed by atoms with E-state index in [1.807, 2.05) is 0 Å². The van der Waals surface area contributed by atoms with E-state index in [-0.39, 0.29) is 5.75 Å². The molecule has 2 N–H and O–H groups in total. The van der Waals surface area contributed by atoms with E-state index < -0.39 is 17.7 Å². The van der Waals surface area contributed by atoms with Crippen molar-refractivity contribution in [3.8, 4) is 17.6 Å². The SMILES string of the molecule is COC(=O)c1ccc(O)c(C#CCCNC(=O)OC(C)(C)C)c1. The topological polar surface area (TPSA) is 84.9 Å². The molecule has 0 heterocycles. The lowest BCUT2D eigenvalue weighted by molar-refractivity contribution is 0.0527. The third kappa shape index (κ3) is 6.74. The molecule has 0 aliphatic rings. The lowest BCUT2D eigenvalue weighted by Crippen LogP contribution is -2.32. The molecule has 0 bridgehead atoms. The minimum Gasteiger partial charge on any atom is -0.507 e. The molecule has 0 saturated heterocycles. The van der Waals surface area contributed by atoms with Gasteiger partial charge in [-0.15, -0.1) is 0 Å². The Bertz CT molecular complexity index is 635. The molecule has 6 heteroatoms. The van der Waals surface area contributed by atoms with Crippen molar-refractivity contribution < 1.29 is 24.2 Å². The van der Waals surface area contributed by atoms with E-state index in [9.17, 15) is 14.7 Å². The third-order valence-electron chi connectivity index (χ3n) is 2.56. The standard InChI is InChI=1S/C17H21NO5/c1-17(2,3)23-16(21)18-10-6-5-7-12-11-13(15(20)22-4)8-9-14(12)19/h8-9,11,19H,6,10H2,1-4H3,(H,18,21). The summed E-state index contributed by atoms with van der Waals surface area (Å²) in [4.78, 5) is 22.9. The molecule has 0 atom stereocenters. The molecule has 0 aromatic heterocycles. The molecule has 0 unspecified atom stereocenters. The number of hydrogen-bond acceptors (Lipinski definition) is 5. The predicted molar refractivity (Wildman–Crippen MR) is 85.2 cm³/mol. The van der Waals surface area contributed by atoms with E-state index in [1.165, 1.54) is 25.3 Å². The van der Waals surface area contributed by atoms with Crippen LogP contribution in [0.4, 0.5) is 4.79 Å². The number of aromatic hydroxyl groups is 1. The highest BCUT2D eigenvalue weighted by Crippen LogP contribution is 2.17. The van der Waals surface area contributed by atoms with Gasteiger partial charge >= 0.3 is 12.1 Å². The van der Waals surface area contributed by atoms with Gasteiger partial charge in [0.2, 0.25) is 0 Å². The predicted octanol–water partition coefficient (Wildman–Crippen LogP) is 2.45. The summed E-state index contributed by atoms with van der Waals surface area (Å²) in [5.74, 6) is 5.04. The highest BCUT2D eigenvalue weighted by molar-refractivity contribution is 5.90. The Hall–Kier alpha value is -2.68. The smallest absolute Gasteiger partial charge is 0.407 e. The van der Waals surface area contributed by atoms with E-state index in [0.29, 0.717) is 24.1 Å². The number of phenolic OH excluding ortho intramolecular Hbond substituents is 1. The number of carbonyl (C=O) groups excluding carboxylic acids is 2. The molecule has 1 aromatic carbocycles. The zero-order chi connectivity index (χ0) is 17.5. The molecule has 0 fully saturated rings. The Morgan fingerprint density at radius 2 is 2.00 bits per heavy atom. The first-order chi connectivity index (χ1) is 10.7. The molecule has 6 nitrogen and oxygen atoms in total. The second-order valence-corrected chi connectivity index (χ2v) is 5.70. The first-order valence-electron chi connectivity index (χ1n) is 7.10. The van der Waals surface area contributed by atoms with Crippen molar-refractivity contribution >= 4 is 12.1 Å². The zero-order valence-electron chi connectivity index (χ0n) is 13.7. The van der Waals surface area contributed by atoms with Crippen molar-refractivity contribution in [2.75, 3.05) is 13.7 Å². The Labute approximate surface area is 135 Å². The van der Waals surface area contributed by atoms with Gasteiger partial charge in [-0.05, 0) is 39.0 Å². The average molecular weight is 319 g/mol. The highest BCUT2D eigenvalue weighted by atomic mass is 16.6. The summed E-state index contributed by atoms with van der Waals surface area (Å²) in [6.07, 6.45) is -0.129. The fourth-order valence-electron chi connectivity index (χ4n) is 1.58. The Morgan fingerprint density at radius 1 is 1.30 bits per heavy atom. The minimum absolute atomic E-state index is 0.0229. The van der Waals surface area contributed by atoms with E-state index in [1.54, 1.807) is 20.8 Å². The van der Waals surface area contributed by atoms with Crippen molar-refractivity contribution in [3.63, 3.8) is 0 Å². The fourth-order valence-corrected chi connectivity index (χ4v) is 1.58. The van der Waals surface area contributed by atoms with Gasteiger partial charge in [0.15, 0.2) is 0 Å². The van der Waals surface area contributed by atoms with Crippen molar-refractivity contribution in [2.45, 2.75) is 32.8 Å². The highest BCUT2D eigenvalue weighted by Gasteiger charge is 2.15. The quantitative estimate of drug-likeness (QED) is 0.508. The van der Waals surface area contributed by atoms with Gasteiger partial charge < -0.3 is 19.9 Å². The molecule has 1 amide bonds. The number of esters is 1. The molecule has 0 aliphatic carbocycles. The van der Waals surface area contributed by atoms with Gasteiger partial charge in [-0.2, -0.15) is 0 Å². The van der Waals surface area contributed by atoms with Gasteiger partial charge in [-0.25, -0.2) is 9.59 Å². The summed E-state index contributed by atoms with van der Waals surface area (Å²) >= 11 is 0. The lowest BCUT2D eigenvalue weighted by Gasteiger charge is -2.19. The van der Waals surface area contributed by atoms with Crippen molar-refractivity contribution in [1.82, 2.24) is 5.32 Å². The van der Waals surface area contributed by atoms with Crippen LogP contribution in [-0.2, 0) is 9.47 Å². The first-order valence-corrected chi connectivity index (χ1v) is 7.10. The lowest BCUT2D eigenvalue weighted by atomic mass is 10.1. The molecule has 0 saturated carbocycles. The molecule has 124 valence electrons. The van der Waals surface area contributed by atoms with Gasteiger partial charge in [0.25, 0.3) is 0 Å². The van der Waals surface area contributed by atoms with Crippen LogP contribution in [0, 0.1) is 11.8 Å². The number of hydrogen-bond donors (Lipinski definition) is 2. The number of ether oxygens (including phenoxy) is 2. The maximum atomic E-state index is 11.4. The van der Waals surface area contributed by atoms with Crippen molar-refractivity contribution in [2.24, 2.45) is 0 Å². The maximum Gasteiger partial charge on any atom is 0.407 e. The monoisotopic (exact) mass is 319 g/mol. The fraction of sp³-hybridized carbons (Fsp3) is 0.412. The number of alkyl carbamates (subject to hydrolysis) is 1. The minimum atomic E-state index is -0.546. The summed E-state index contributed by atoms with van der Waals surface area (Å²) in [6, 6.07) is 4.29. The van der Waals surface area contributed by atoms with Gasteiger partial charge in [0.05, 0.1) is 18.2 Å². The van der Waals surface area contributed by atoms with Crippen LogP contribution in [0.5, 0.6) is 5.75 Å². The zero-order valence-corrected chi connectivity index (χ0v) is 13.7. The summed E-state index contributed by atoms with van der Waals surface area (Å²) < 4.78 is 9.70. The van der Waals surface area contributed by atoms with Crippen LogP contribution in [0.15, 0.2) is 18.2 Å². The number of phenols is 1. The van der Waals surface area contributed by atoms with Crippen LogP contribution in [-0.4, -0.2) is 36.4 Å². The van der Waals surface area contributed by atoms with E-state index in [0.717, 1.165) is 0 Å². The number of carbonyl (C=O) groups is 2. The largest absolute Gasteiger partial charge is 0.507 e. The summed E-state index contributed by atoms with van der Waals surface area (Å²) in [6.45, 7) is 5.66. The van der Waals surface area contributed by atoms with Crippen molar-refractivity contribution in [3.05, 3.63) is 29.3 Å². The number of rotatable bonds is 3. The summed E-state index contributed by atoms with van der Waals surface area (Å²) in [5, 5.41) is 12.3. The van der Waals surface area contributed by atoms with Crippen LogP contribution in [0.1, 0.15) is 43.1 Å². The van der Waals surface area contributed by atoms with Crippen LogP contribution in [0.25, 0.3) is 0 Å². The van der Waals surface area contributed by atoms with Crippen molar-refractivity contribution in [1.29, 1.82) is 0 Å². The average Bonchev–Trinajstić information content (AvgIpc) is 2.46. The normalized spacial score (nSPS) is 10.3. The first kappa shape index (κ1) is 18.4. The Balaban J connectivity index is 2.57. The molecular formula is C17H21NO5. The summed E-state index contributed by atoms with van der Waals surface area (Å²) in [5.41, 5.74) is 0.0854. The van der Waals surface area contributed by atoms with Gasteiger partial charge in [-0.3, -0.25) is 0 Å². The second-order valence-electron chi connectivity index (χ2n) is 5.70. The van der Waals surface area contributed by atoms with Crippen LogP contribution >= 0.6 is 0 Å². The molecular weight excluding hydrogens is 298 g/mol. The Morgan fingerprint density at radius 3 is 2.61 bits per heavy atom. The van der Waals surface area contributed by atoms with Gasteiger partial charge in [-0.1, -0.05) is 11.8 Å². The molecule has 1 rings (SSSR count). The van der Waals surface area contributed by atoms with Gasteiger partial charge in [0.1, 0.15) is 11.4 Å². The summed E-state index contributed by atoms with van der Waals surface area (Å²) in [7, 11) is 1.28. The molecule has 0 aliphatic heterocycles. The molecule has 0 radical (unpaired) electrons. The van der Waals surface area contributed by atoms with Gasteiger partial charge in [0, 0.05) is 13.0 Å². The molecule has 0 spiro atoms. The second kappa shape index (κ2) is 8.08. The van der Waals surface area contributed by atoms with Crippen LogP contribution in [0.2, 0.25) is 0 Å². The molecule has 1 aromatic rings. The third-order valence-corrected chi connectivity index (χ3v) is 2.56. The number of benzene rings is 1. The van der Waals surface area contributed by atoms with Crippen LogP contribution < -0.4 is 5.32 Å². The van der Waals surface area contributed by atoms with Crippen LogP contribution in [0.3, 0.4) is 0 Å². The van der Waals surface area contributed by atoms with E-state index in [2.05, 4.69) is 21.9 Å². The number of nitrogens with one attached hydrogen (secondary N) is 1. The number of methoxy groups -OCH3 is 1. The number of amides is 1. The molecule has 23 heavy (non-hydrogen) atoms. The Kier molecular flexibility index (Phi) is 6.46.